The van der Waals surface area contributed by atoms with E-state index in [0.29, 0.717) is 30.5 Å². The number of piperazine rings is 1. The fourth-order valence-corrected chi connectivity index (χ4v) is 3.58. The Labute approximate surface area is 168 Å². The van der Waals surface area contributed by atoms with Crippen molar-refractivity contribution in [3.8, 4) is 11.4 Å². The van der Waals surface area contributed by atoms with Crippen molar-refractivity contribution in [3.05, 3.63) is 66.0 Å². The topological polar surface area (TPSA) is 67.2 Å². The Morgan fingerprint density at radius 2 is 1.83 bits per heavy atom. The van der Waals surface area contributed by atoms with E-state index in [1.165, 1.54) is 22.5 Å². The zero-order valence-corrected chi connectivity index (χ0v) is 16.3. The molecule has 1 saturated heterocycles. The lowest BCUT2D eigenvalue weighted by Crippen LogP contribution is -2.50. The normalized spacial score (nSPS) is 16.0. The van der Waals surface area contributed by atoms with Gasteiger partial charge in [-0.15, -0.1) is 10.2 Å². The third-order valence-electron chi connectivity index (χ3n) is 5.31. The van der Waals surface area contributed by atoms with E-state index in [1.54, 1.807) is 12.1 Å². The van der Waals surface area contributed by atoms with Crippen LogP contribution in [0.1, 0.15) is 18.5 Å². The Bertz CT molecular complexity index is 968. The molecule has 1 aromatic heterocycles. The molecule has 3 aromatic rings. The number of hydrogen-bond donors (Lipinski definition) is 0. The van der Waals surface area contributed by atoms with Crippen LogP contribution in [-0.2, 0) is 11.3 Å². The van der Waals surface area contributed by atoms with Crippen molar-refractivity contribution in [2.45, 2.75) is 19.5 Å². The molecule has 7 nitrogen and oxygen atoms in total. The molecule has 29 heavy (non-hydrogen) atoms. The molecule has 0 N–H and O–H groups in total. The third-order valence-corrected chi connectivity index (χ3v) is 5.31. The molecule has 1 amide bonds. The fraction of sp³-hybridized carbons (Fsp3) is 0.333. The van der Waals surface area contributed by atoms with Crippen molar-refractivity contribution in [3.63, 3.8) is 0 Å². The Hall–Kier alpha value is -3.13. The second kappa shape index (κ2) is 8.48. The number of carbonyl (C=O) groups is 1. The number of aromatic nitrogens is 4. The monoisotopic (exact) mass is 394 g/mol. The average Bonchev–Trinajstić information content (AvgIpc) is 3.22. The first kappa shape index (κ1) is 19.2. The molecule has 0 bridgehead atoms. The molecule has 2 aromatic carbocycles. The summed E-state index contributed by atoms with van der Waals surface area (Å²) in [7, 11) is 0. The van der Waals surface area contributed by atoms with Gasteiger partial charge in [-0.1, -0.05) is 42.5 Å². The van der Waals surface area contributed by atoms with Crippen LogP contribution in [0.25, 0.3) is 11.4 Å². The molecule has 4 rings (SSSR count). The third kappa shape index (κ3) is 4.48. The molecule has 2 heterocycles. The van der Waals surface area contributed by atoms with Crippen molar-refractivity contribution in [1.29, 1.82) is 0 Å². The summed E-state index contributed by atoms with van der Waals surface area (Å²) in [5.74, 6) is -0.100. The lowest BCUT2D eigenvalue weighted by atomic mass is 10.1. The number of hydrogen-bond acceptors (Lipinski definition) is 5. The van der Waals surface area contributed by atoms with Gasteiger partial charge in [-0.3, -0.25) is 9.69 Å². The highest BCUT2D eigenvalue weighted by molar-refractivity contribution is 5.76. The second-order valence-electron chi connectivity index (χ2n) is 7.16. The van der Waals surface area contributed by atoms with Crippen LogP contribution in [0.5, 0.6) is 0 Å². The van der Waals surface area contributed by atoms with Crippen molar-refractivity contribution in [1.82, 2.24) is 30.0 Å². The van der Waals surface area contributed by atoms with Gasteiger partial charge >= 0.3 is 0 Å². The molecule has 8 heteroatoms. The van der Waals surface area contributed by atoms with Crippen LogP contribution in [0.15, 0.2) is 54.6 Å². The summed E-state index contributed by atoms with van der Waals surface area (Å²) in [6, 6.07) is 16.7. The zero-order chi connectivity index (χ0) is 20.2. The minimum atomic E-state index is -0.363. The molecule has 150 valence electrons. The van der Waals surface area contributed by atoms with E-state index >= 15 is 0 Å². The molecule has 0 aliphatic carbocycles. The van der Waals surface area contributed by atoms with Gasteiger partial charge in [-0.2, -0.15) is 4.80 Å². The summed E-state index contributed by atoms with van der Waals surface area (Å²) in [5, 5.41) is 12.1. The van der Waals surface area contributed by atoms with E-state index in [1.807, 2.05) is 11.0 Å². The summed E-state index contributed by atoms with van der Waals surface area (Å²) >= 11 is 0. The average molecular weight is 394 g/mol. The van der Waals surface area contributed by atoms with E-state index in [2.05, 4.69) is 51.5 Å². The zero-order valence-electron chi connectivity index (χ0n) is 16.3. The molecule has 1 aliphatic heterocycles. The van der Waals surface area contributed by atoms with E-state index < -0.39 is 0 Å². The second-order valence-corrected chi connectivity index (χ2v) is 7.16. The quantitative estimate of drug-likeness (QED) is 0.665. The first-order valence-electron chi connectivity index (χ1n) is 9.70. The van der Waals surface area contributed by atoms with E-state index in [4.69, 9.17) is 0 Å². The summed E-state index contributed by atoms with van der Waals surface area (Å²) in [6.45, 7) is 5.20. The number of benzene rings is 2. The first-order chi connectivity index (χ1) is 14.1. The van der Waals surface area contributed by atoms with E-state index in [-0.39, 0.29) is 18.3 Å². The Kier molecular flexibility index (Phi) is 5.62. The number of nitrogens with zero attached hydrogens (tertiary/aromatic N) is 6. The molecule has 1 atom stereocenters. The van der Waals surface area contributed by atoms with Gasteiger partial charge in [-0.25, -0.2) is 4.39 Å². The van der Waals surface area contributed by atoms with Gasteiger partial charge in [0.2, 0.25) is 11.7 Å². The SMILES string of the molecule is CC(c1ccccc1)N1CCN(C(=O)Cn2nnc(-c3cccc(F)c3)n2)CC1. The van der Waals surface area contributed by atoms with Crippen LogP contribution in [0, 0.1) is 5.82 Å². The molecule has 1 aliphatic rings. The number of rotatable bonds is 5. The Morgan fingerprint density at radius 1 is 1.07 bits per heavy atom. The summed E-state index contributed by atoms with van der Waals surface area (Å²) in [5.41, 5.74) is 1.82. The van der Waals surface area contributed by atoms with Gasteiger partial charge < -0.3 is 4.90 Å². The lowest BCUT2D eigenvalue weighted by Gasteiger charge is -2.38. The minimum Gasteiger partial charge on any atom is -0.338 e. The lowest BCUT2D eigenvalue weighted by molar-refractivity contribution is -0.134. The molecular formula is C21H23FN6O. The predicted octanol–water partition coefficient (Wildman–Crippen LogP) is 2.38. The predicted molar refractivity (Wildman–Crippen MR) is 106 cm³/mol. The fourth-order valence-electron chi connectivity index (χ4n) is 3.58. The van der Waals surface area contributed by atoms with Gasteiger partial charge in [0, 0.05) is 37.8 Å². The van der Waals surface area contributed by atoms with Crippen LogP contribution < -0.4 is 0 Å². The number of amides is 1. The number of halogens is 1. The smallest absolute Gasteiger partial charge is 0.246 e. The molecule has 1 fully saturated rings. The molecule has 0 spiro atoms. The summed E-state index contributed by atoms with van der Waals surface area (Å²) in [6.07, 6.45) is 0. The highest BCUT2D eigenvalue weighted by Gasteiger charge is 2.25. The maximum atomic E-state index is 13.4. The van der Waals surface area contributed by atoms with Crippen LogP contribution in [-0.4, -0.2) is 62.1 Å². The molecular weight excluding hydrogens is 371 g/mol. The van der Waals surface area contributed by atoms with Crippen molar-refractivity contribution in [2.24, 2.45) is 0 Å². The van der Waals surface area contributed by atoms with Crippen molar-refractivity contribution < 1.29 is 9.18 Å². The molecule has 1 unspecified atom stereocenters. The molecule has 0 saturated carbocycles. The first-order valence-corrected chi connectivity index (χ1v) is 9.70. The van der Waals surface area contributed by atoms with E-state index in [0.717, 1.165) is 13.1 Å². The minimum absolute atomic E-state index is 0.0244. The Morgan fingerprint density at radius 3 is 2.55 bits per heavy atom. The maximum Gasteiger partial charge on any atom is 0.246 e. The van der Waals surface area contributed by atoms with Crippen molar-refractivity contribution >= 4 is 5.91 Å². The van der Waals surface area contributed by atoms with Crippen LogP contribution >= 0.6 is 0 Å². The van der Waals surface area contributed by atoms with Gasteiger partial charge in [0.05, 0.1) is 0 Å². The van der Waals surface area contributed by atoms with Gasteiger partial charge in [0.25, 0.3) is 0 Å². The number of carbonyl (C=O) groups excluding carboxylic acids is 1. The van der Waals surface area contributed by atoms with Crippen molar-refractivity contribution in [2.75, 3.05) is 26.2 Å². The highest BCUT2D eigenvalue weighted by atomic mass is 19.1. The van der Waals surface area contributed by atoms with Crippen LogP contribution in [0.3, 0.4) is 0 Å². The summed E-state index contributed by atoms with van der Waals surface area (Å²) in [4.78, 5) is 18.1. The standard InChI is InChI=1S/C21H23FN6O/c1-16(17-6-3-2-4-7-17)26-10-12-27(13-11-26)20(29)15-28-24-21(23-25-28)18-8-5-9-19(22)14-18/h2-9,14,16H,10-13,15H2,1H3. The summed E-state index contributed by atoms with van der Waals surface area (Å²) < 4.78 is 13.4. The number of tetrazole rings is 1. The highest BCUT2D eigenvalue weighted by Crippen LogP contribution is 2.21. The van der Waals surface area contributed by atoms with Crippen LogP contribution in [0.2, 0.25) is 0 Å². The van der Waals surface area contributed by atoms with Gasteiger partial charge in [0.1, 0.15) is 12.4 Å². The van der Waals surface area contributed by atoms with E-state index in [9.17, 15) is 9.18 Å². The Balaban J connectivity index is 1.32. The van der Waals surface area contributed by atoms with Gasteiger partial charge in [0.15, 0.2) is 0 Å². The molecule has 0 radical (unpaired) electrons. The van der Waals surface area contributed by atoms with Crippen LogP contribution in [0.4, 0.5) is 4.39 Å². The maximum absolute atomic E-state index is 13.4. The van der Waals surface area contributed by atoms with Gasteiger partial charge in [-0.05, 0) is 29.8 Å². The largest absolute Gasteiger partial charge is 0.338 e.